The van der Waals surface area contributed by atoms with Gasteiger partial charge in [0.2, 0.25) is 0 Å². The summed E-state index contributed by atoms with van der Waals surface area (Å²) in [7, 11) is 0. The molecule has 1 saturated carbocycles. The highest BCUT2D eigenvalue weighted by atomic mass is 79.9. The van der Waals surface area contributed by atoms with Gasteiger partial charge in [0.25, 0.3) is 0 Å². The van der Waals surface area contributed by atoms with Crippen molar-refractivity contribution in [1.82, 2.24) is 5.32 Å². The predicted octanol–water partition coefficient (Wildman–Crippen LogP) is 4.29. The fourth-order valence-corrected chi connectivity index (χ4v) is 3.62. The first-order chi connectivity index (χ1) is 9.65. The molecule has 0 bridgehead atoms. The zero-order valence-electron chi connectivity index (χ0n) is 12.3. The lowest BCUT2D eigenvalue weighted by atomic mass is 9.81. The molecule has 0 aliphatic heterocycles. The van der Waals surface area contributed by atoms with E-state index in [-0.39, 0.29) is 0 Å². The average molecular weight is 340 g/mol. The van der Waals surface area contributed by atoms with Gasteiger partial charge in [-0.15, -0.1) is 0 Å². The van der Waals surface area contributed by atoms with Crippen molar-refractivity contribution in [1.29, 1.82) is 0 Å². The van der Waals surface area contributed by atoms with Crippen LogP contribution in [0.2, 0.25) is 0 Å². The minimum absolute atomic E-state index is 0.419. The van der Waals surface area contributed by atoms with Crippen LogP contribution in [0.25, 0.3) is 0 Å². The zero-order valence-corrected chi connectivity index (χ0v) is 13.9. The molecule has 3 atom stereocenters. The van der Waals surface area contributed by atoms with Gasteiger partial charge in [0.15, 0.2) is 0 Å². The maximum absolute atomic E-state index is 10.1. The van der Waals surface area contributed by atoms with Gasteiger partial charge in [-0.3, -0.25) is 0 Å². The van der Waals surface area contributed by atoms with Gasteiger partial charge in [-0.05, 0) is 48.9 Å². The Morgan fingerprint density at radius 1 is 1.40 bits per heavy atom. The lowest BCUT2D eigenvalue weighted by molar-refractivity contribution is 0.172. The van der Waals surface area contributed by atoms with Crippen LogP contribution in [0, 0.1) is 11.8 Å². The van der Waals surface area contributed by atoms with Crippen LogP contribution in [0.1, 0.15) is 50.7 Å². The number of halogens is 1. The summed E-state index contributed by atoms with van der Waals surface area (Å²) in [6.45, 7) is 4.03. The lowest BCUT2D eigenvalue weighted by Gasteiger charge is -2.26. The van der Waals surface area contributed by atoms with Gasteiger partial charge in [-0.1, -0.05) is 54.2 Å². The molecule has 112 valence electrons. The molecule has 20 heavy (non-hydrogen) atoms. The topological polar surface area (TPSA) is 32.3 Å². The number of aliphatic hydroxyl groups excluding tert-OH is 1. The van der Waals surface area contributed by atoms with Crippen LogP contribution in [-0.2, 0) is 0 Å². The van der Waals surface area contributed by atoms with E-state index in [0.29, 0.717) is 6.54 Å². The van der Waals surface area contributed by atoms with Gasteiger partial charge in [0.05, 0.1) is 6.10 Å². The zero-order chi connectivity index (χ0) is 14.4. The van der Waals surface area contributed by atoms with Crippen LogP contribution < -0.4 is 5.32 Å². The van der Waals surface area contributed by atoms with Crippen LogP contribution >= 0.6 is 15.9 Å². The number of aliphatic hydroxyl groups is 1. The minimum atomic E-state index is -0.419. The summed E-state index contributed by atoms with van der Waals surface area (Å²) in [4.78, 5) is 0. The molecule has 2 nitrogen and oxygen atoms in total. The monoisotopic (exact) mass is 339 g/mol. The van der Waals surface area contributed by atoms with Gasteiger partial charge in [-0.25, -0.2) is 0 Å². The second kappa shape index (κ2) is 8.16. The highest BCUT2D eigenvalue weighted by Gasteiger charge is 2.18. The molecule has 0 heterocycles. The standard InChI is InChI=1S/C17H26BrNO/c1-13-4-2-5-14(10-13)8-9-19-12-17(20)15-6-3-7-16(18)11-15/h3,6-7,11,13-14,17,19-20H,2,4-5,8-10,12H2,1H3. The summed E-state index contributed by atoms with van der Waals surface area (Å²) in [6.07, 6.45) is 6.40. The normalized spacial score (nSPS) is 24.6. The number of nitrogens with one attached hydrogen (secondary N) is 1. The molecule has 1 fully saturated rings. The molecule has 2 N–H and O–H groups in total. The average Bonchev–Trinajstić information content (AvgIpc) is 2.43. The minimum Gasteiger partial charge on any atom is -0.387 e. The fraction of sp³-hybridized carbons (Fsp3) is 0.647. The molecular formula is C17H26BrNO. The summed E-state index contributed by atoms with van der Waals surface area (Å²) in [5, 5.41) is 13.5. The van der Waals surface area contributed by atoms with E-state index < -0.39 is 6.10 Å². The van der Waals surface area contributed by atoms with E-state index in [4.69, 9.17) is 0 Å². The van der Waals surface area contributed by atoms with Crippen molar-refractivity contribution < 1.29 is 5.11 Å². The molecule has 0 spiro atoms. The molecule has 2 rings (SSSR count). The molecule has 0 amide bonds. The van der Waals surface area contributed by atoms with Crippen molar-refractivity contribution in [2.24, 2.45) is 11.8 Å². The van der Waals surface area contributed by atoms with Crippen LogP contribution in [0.15, 0.2) is 28.7 Å². The van der Waals surface area contributed by atoms with Gasteiger partial charge in [0, 0.05) is 11.0 Å². The van der Waals surface area contributed by atoms with Crippen molar-refractivity contribution >= 4 is 15.9 Å². The summed E-state index contributed by atoms with van der Waals surface area (Å²) in [6, 6.07) is 7.90. The summed E-state index contributed by atoms with van der Waals surface area (Å²) in [5.41, 5.74) is 0.971. The Labute approximate surface area is 131 Å². The van der Waals surface area contributed by atoms with Gasteiger partial charge in [-0.2, -0.15) is 0 Å². The van der Waals surface area contributed by atoms with Crippen molar-refractivity contribution in [2.75, 3.05) is 13.1 Å². The van der Waals surface area contributed by atoms with E-state index in [1.54, 1.807) is 0 Å². The Kier molecular flexibility index (Phi) is 6.53. The molecule has 0 saturated heterocycles. The van der Waals surface area contributed by atoms with Crippen LogP contribution in [-0.4, -0.2) is 18.2 Å². The Balaban J connectivity index is 1.65. The maximum atomic E-state index is 10.1. The van der Waals surface area contributed by atoms with Crippen molar-refractivity contribution in [3.8, 4) is 0 Å². The number of hydrogen-bond donors (Lipinski definition) is 2. The third kappa shape index (κ3) is 5.19. The van der Waals surface area contributed by atoms with E-state index in [9.17, 15) is 5.11 Å². The third-order valence-electron chi connectivity index (χ3n) is 4.35. The van der Waals surface area contributed by atoms with Crippen molar-refractivity contribution in [2.45, 2.75) is 45.1 Å². The van der Waals surface area contributed by atoms with Gasteiger partial charge < -0.3 is 10.4 Å². The number of hydrogen-bond acceptors (Lipinski definition) is 2. The maximum Gasteiger partial charge on any atom is 0.0914 e. The molecule has 1 aliphatic carbocycles. The first kappa shape index (κ1) is 16.0. The van der Waals surface area contributed by atoms with Crippen molar-refractivity contribution in [3.63, 3.8) is 0 Å². The Hall–Kier alpha value is -0.380. The molecule has 1 aromatic carbocycles. The third-order valence-corrected chi connectivity index (χ3v) is 4.84. The molecule has 1 aromatic rings. The second-order valence-electron chi connectivity index (χ2n) is 6.20. The number of rotatable bonds is 6. The molecule has 0 aromatic heterocycles. The molecule has 1 aliphatic rings. The van der Waals surface area contributed by atoms with E-state index in [1.165, 1.54) is 32.1 Å². The van der Waals surface area contributed by atoms with Crippen LogP contribution in [0.3, 0.4) is 0 Å². The fourth-order valence-electron chi connectivity index (χ4n) is 3.20. The predicted molar refractivity (Wildman–Crippen MR) is 87.7 cm³/mol. The molecular weight excluding hydrogens is 314 g/mol. The summed E-state index contributed by atoms with van der Waals surface area (Å²) < 4.78 is 1.02. The highest BCUT2D eigenvalue weighted by Crippen LogP contribution is 2.30. The van der Waals surface area contributed by atoms with E-state index >= 15 is 0 Å². The molecule has 0 radical (unpaired) electrons. The van der Waals surface area contributed by atoms with Gasteiger partial charge >= 0.3 is 0 Å². The number of benzene rings is 1. The van der Waals surface area contributed by atoms with E-state index in [2.05, 4.69) is 28.2 Å². The highest BCUT2D eigenvalue weighted by molar-refractivity contribution is 9.10. The first-order valence-electron chi connectivity index (χ1n) is 7.79. The smallest absolute Gasteiger partial charge is 0.0914 e. The largest absolute Gasteiger partial charge is 0.387 e. The Bertz CT molecular complexity index is 410. The second-order valence-corrected chi connectivity index (χ2v) is 7.12. The SMILES string of the molecule is CC1CCCC(CCNCC(O)c2cccc(Br)c2)C1. The molecule has 3 heteroatoms. The lowest BCUT2D eigenvalue weighted by Crippen LogP contribution is -2.25. The van der Waals surface area contributed by atoms with Crippen LogP contribution in [0.5, 0.6) is 0 Å². The van der Waals surface area contributed by atoms with Crippen molar-refractivity contribution in [3.05, 3.63) is 34.3 Å². The summed E-state index contributed by atoms with van der Waals surface area (Å²) in [5.74, 6) is 1.79. The quantitative estimate of drug-likeness (QED) is 0.757. The van der Waals surface area contributed by atoms with Crippen LogP contribution in [0.4, 0.5) is 0 Å². The van der Waals surface area contributed by atoms with E-state index in [0.717, 1.165) is 28.4 Å². The summed E-state index contributed by atoms with van der Waals surface area (Å²) >= 11 is 3.44. The Morgan fingerprint density at radius 3 is 3.00 bits per heavy atom. The van der Waals surface area contributed by atoms with Gasteiger partial charge in [0.1, 0.15) is 0 Å². The molecule has 3 unspecified atom stereocenters. The van der Waals surface area contributed by atoms with E-state index in [1.807, 2.05) is 24.3 Å². The first-order valence-corrected chi connectivity index (χ1v) is 8.58. The Morgan fingerprint density at radius 2 is 2.25 bits per heavy atom.